The molecule has 0 radical (unpaired) electrons. The van der Waals surface area contributed by atoms with Gasteiger partial charge in [0.1, 0.15) is 0 Å². The molecule has 1 aromatic rings. The summed E-state index contributed by atoms with van der Waals surface area (Å²) in [4.78, 5) is 2.48. The van der Waals surface area contributed by atoms with E-state index < -0.39 is 0 Å². The summed E-state index contributed by atoms with van der Waals surface area (Å²) < 4.78 is 0. The Morgan fingerprint density at radius 3 is 2.56 bits per heavy atom. The van der Waals surface area contributed by atoms with Crippen LogP contribution >= 0.6 is 11.6 Å². The van der Waals surface area contributed by atoms with Gasteiger partial charge in [-0.1, -0.05) is 29.8 Å². The Balaban J connectivity index is 1.65. The van der Waals surface area contributed by atoms with Crippen LogP contribution in [0.15, 0.2) is 24.3 Å². The van der Waals surface area contributed by atoms with Crippen LogP contribution in [0.2, 0.25) is 5.02 Å². The van der Waals surface area contributed by atoms with Crippen molar-refractivity contribution in [3.63, 3.8) is 0 Å². The van der Waals surface area contributed by atoms with Crippen molar-refractivity contribution in [1.29, 1.82) is 0 Å². The summed E-state index contributed by atoms with van der Waals surface area (Å²) in [6.45, 7) is 0.962. The number of fused-ring (bicyclic) bond motifs is 2. The van der Waals surface area contributed by atoms with Crippen LogP contribution < -0.4 is 5.32 Å². The topological polar surface area (TPSA) is 15.3 Å². The minimum atomic E-state index is 0.708. The fraction of sp³-hybridized carbons (Fsp3) is 0.600. The summed E-state index contributed by atoms with van der Waals surface area (Å²) in [5, 5.41) is 4.59. The zero-order valence-electron chi connectivity index (χ0n) is 10.9. The number of halogens is 1. The Bertz CT molecular complexity index is 409. The maximum Gasteiger partial charge on any atom is 0.0451 e. The van der Waals surface area contributed by atoms with E-state index in [1.807, 2.05) is 12.1 Å². The lowest BCUT2D eigenvalue weighted by Crippen LogP contribution is -2.46. The fourth-order valence-corrected chi connectivity index (χ4v) is 3.61. The van der Waals surface area contributed by atoms with Crippen molar-refractivity contribution in [3.8, 4) is 0 Å². The lowest BCUT2D eigenvalue weighted by molar-refractivity contribution is 0.166. The average Bonchev–Trinajstić information content (AvgIpc) is 2.71. The predicted octanol–water partition coefficient (Wildman–Crippen LogP) is 3.05. The Kier molecular flexibility index (Phi) is 3.60. The van der Waals surface area contributed by atoms with Gasteiger partial charge in [0.05, 0.1) is 0 Å². The Morgan fingerprint density at radius 2 is 1.89 bits per heavy atom. The second-order valence-corrected chi connectivity index (χ2v) is 6.18. The molecule has 18 heavy (non-hydrogen) atoms. The summed E-state index contributed by atoms with van der Waals surface area (Å²) in [5.41, 5.74) is 1.24. The Morgan fingerprint density at radius 1 is 1.22 bits per heavy atom. The van der Waals surface area contributed by atoms with E-state index in [2.05, 4.69) is 29.4 Å². The first kappa shape index (κ1) is 12.5. The molecule has 2 aliphatic heterocycles. The average molecular weight is 265 g/mol. The molecule has 98 valence electrons. The molecule has 2 atom stereocenters. The summed E-state index contributed by atoms with van der Waals surface area (Å²) in [5.74, 6) is 0. The molecule has 2 fully saturated rings. The molecule has 2 aliphatic rings. The number of hydrogen-bond donors (Lipinski definition) is 1. The van der Waals surface area contributed by atoms with Gasteiger partial charge in [-0.2, -0.15) is 0 Å². The highest BCUT2D eigenvalue weighted by Gasteiger charge is 2.34. The second kappa shape index (κ2) is 5.20. The van der Waals surface area contributed by atoms with Crippen molar-refractivity contribution in [3.05, 3.63) is 34.9 Å². The van der Waals surface area contributed by atoms with E-state index in [-0.39, 0.29) is 0 Å². The molecule has 3 rings (SSSR count). The highest BCUT2D eigenvalue weighted by atomic mass is 35.5. The molecule has 0 saturated carbocycles. The van der Waals surface area contributed by atoms with Crippen LogP contribution in [0.5, 0.6) is 0 Å². The van der Waals surface area contributed by atoms with Gasteiger partial charge in [0, 0.05) is 29.7 Å². The highest BCUT2D eigenvalue weighted by Crippen LogP contribution is 2.30. The normalized spacial score (nSPS) is 30.9. The predicted molar refractivity (Wildman–Crippen MR) is 75.9 cm³/mol. The maximum atomic E-state index is 6.24. The van der Waals surface area contributed by atoms with Crippen molar-refractivity contribution < 1.29 is 0 Å². The van der Waals surface area contributed by atoms with Gasteiger partial charge >= 0.3 is 0 Å². The van der Waals surface area contributed by atoms with E-state index in [0.29, 0.717) is 6.04 Å². The quantitative estimate of drug-likeness (QED) is 0.903. The molecular formula is C15H21ClN2. The lowest BCUT2D eigenvalue weighted by Gasteiger charge is -2.35. The van der Waals surface area contributed by atoms with E-state index in [1.54, 1.807) is 0 Å². The Hall–Kier alpha value is -0.570. The van der Waals surface area contributed by atoms with E-state index >= 15 is 0 Å². The first-order chi connectivity index (χ1) is 8.72. The van der Waals surface area contributed by atoms with Crippen molar-refractivity contribution >= 4 is 11.6 Å². The van der Waals surface area contributed by atoms with Gasteiger partial charge in [0.25, 0.3) is 0 Å². The molecule has 2 saturated heterocycles. The van der Waals surface area contributed by atoms with Gasteiger partial charge in [0.15, 0.2) is 0 Å². The molecule has 2 bridgehead atoms. The zero-order chi connectivity index (χ0) is 12.5. The van der Waals surface area contributed by atoms with Crippen molar-refractivity contribution in [1.82, 2.24) is 10.2 Å². The molecule has 0 spiro atoms. The molecule has 0 amide bonds. The largest absolute Gasteiger partial charge is 0.311 e. The molecular weight excluding hydrogens is 244 g/mol. The van der Waals surface area contributed by atoms with Gasteiger partial charge in [-0.25, -0.2) is 0 Å². The van der Waals surface area contributed by atoms with Crippen molar-refractivity contribution in [2.24, 2.45) is 0 Å². The van der Waals surface area contributed by atoms with Gasteiger partial charge < -0.3 is 5.32 Å². The van der Waals surface area contributed by atoms with Crippen LogP contribution in [0.3, 0.4) is 0 Å². The summed E-state index contributed by atoms with van der Waals surface area (Å²) in [6.07, 6.45) is 5.30. The third kappa shape index (κ3) is 2.56. The number of hydrogen-bond acceptors (Lipinski definition) is 2. The van der Waals surface area contributed by atoms with Crippen LogP contribution in [0, 0.1) is 0 Å². The summed E-state index contributed by atoms with van der Waals surface area (Å²) >= 11 is 6.24. The molecule has 2 heterocycles. The van der Waals surface area contributed by atoms with E-state index in [1.165, 1.54) is 31.2 Å². The molecule has 3 heteroatoms. The molecule has 1 N–H and O–H groups in total. The molecule has 2 unspecified atom stereocenters. The minimum Gasteiger partial charge on any atom is -0.311 e. The fourth-order valence-electron chi connectivity index (χ4n) is 3.41. The molecule has 0 aromatic heterocycles. The van der Waals surface area contributed by atoms with Crippen LogP contribution in [0.25, 0.3) is 0 Å². The van der Waals surface area contributed by atoms with Gasteiger partial charge in [-0.3, -0.25) is 4.90 Å². The number of rotatable bonds is 3. The summed E-state index contributed by atoms with van der Waals surface area (Å²) in [6, 6.07) is 10.4. The van der Waals surface area contributed by atoms with Gasteiger partial charge in [-0.15, -0.1) is 0 Å². The molecule has 1 aromatic carbocycles. The highest BCUT2D eigenvalue weighted by molar-refractivity contribution is 6.31. The third-order valence-corrected chi connectivity index (χ3v) is 4.82. The monoisotopic (exact) mass is 264 g/mol. The van der Waals surface area contributed by atoms with E-state index in [0.717, 1.165) is 23.7 Å². The second-order valence-electron chi connectivity index (χ2n) is 5.77. The number of benzene rings is 1. The number of nitrogens with one attached hydrogen (secondary N) is 1. The maximum absolute atomic E-state index is 6.24. The van der Waals surface area contributed by atoms with Crippen molar-refractivity contribution in [2.75, 3.05) is 7.05 Å². The van der Waals surface area contributed by atoms with Gasteiger partial charge in [-0.05, 0) is 44.4 Å². The minimum absolute atomic E-state index is 0.708. The smallest absolute Gasteiger partial charge is 0.0451 e. The van der Waals surface area contributed by atoms with Crippen LogP contribution in [0.4, 0.5) is 0 Å². The third-order valence-electron chi connectivity index (χ3n) is 4.45. The first-order valence-electron chi connectivity index (χ1n) is 6.92. The van der Waals surface area contributed by atoms with Crippen LogP contribution in [-0.4, -0.2) is 30.1 Å². The standard InChI is InChI=1S/C15H21ClN2/c1-18(10-11-4-2-3-5-15(11)16)14-8-12-6-7-13(9-14)17-12/h2-5,12-14,17H,6-10H2,1H3. The number of piperidine rings is 1. The van der Waals surface area contributed by atoms with E-state index in [9.17, 15) is 0 Å². The van der Waals surface area contributed by atoms with Crippen LogP contribution in [-0.2, 0) is 6.54 Å². The van der Waals surface area contributed by atoms with E-state index in [4.69, 9.17) is 11.6 Å². The van der Waals surface area contributed by atoms with Gasteiger partial charge in [0.2, 0.25) is 0 Å². The van der Waals surface area contributed by atoms with Crippen LogP contribution in [0.1, 0.15) is 31.2 Å². The van der Waals surface area contributed by atoms with Crippen molar-refractivity contribution in [2.45, 2.75) is 50.4 Å². The summed E-state index contributed by atoms with van der Waals surface area (Å²) in [7, 11) is 2.23. The lowest BCUT2D eigenvalue weighted by atomic mass is 9.98. The molecule has 2 nitrogen and oxygen atoms in total. The zero-order valence-corrected chi connectivity index (χ0v) is 11.7. The Labute approximate surface area is 114 Å². The molecule has 0 aliphatic carbocycles. The SMILES string of the molecule is CN(Cc1ccccc1Cl)C1CC2CCC(C1)N2. The number of nitrogens with zero attached hydrogens (tertiary/aromatic N) is 1. The first-order valence-corrected chi connectivity index (χ1v) is 7.30.